The van der Waals surface area contributed by atoms with Crippen molar-refractivity contribution in [3.8, 4) is 0 Å². The van der Waals surface area contributed by atoms with E-state index in [1.54, 1.807) is 0 Å². The fourth-order valence-corrected chi connectivity index (χ4v) is 2.17. The van der Waals surface area contributed by atoms with Gasteiger partial charge in [-0.25, -0.2) is 0 Å². The van der Waals surface area contributed by atoms with Gasteiger partial charge in [0.1, 0.15) is 6.04 Å². The lowest BCUT2D eigenvalue weighted by atomic mass is 9.77. The zero-order valence-corrected chi connectivity index (χ0v) is 10.9. The third kappa shape index (κ3) is 4.65. The predicted molar refractivity (Wildman–Crippen MR) is 62.7 cm³/mol. The van der Waals surface area contributed by atoms with Gasteiger partial charge in [-0.2, -0.15) is 0 Å². The normalized spacial score (nSPS) is 14.1. The number of hydrogen-bond acceptors (Lipinski definition) is 3. The molecule has 1 atom stereocenters. The molecule has 0 saturated heterocycles. The highest BCUT2D eigenvalue weighted by atomic mass is 16.5. The lowest BCUT2D eigenvalue weighted by Gasteiger charge is -2.34. The average molecular weight is 215 g/mol. The summed E-state index contributed by atoms with van der Waals surface area (Å²) in [6, 6.07) is -0.213. The molecule has 1 unspecified atom stereocenters. The second-order valence-electron chi connectivity index (χ2n) is 5.10. The molecular formula is C12H25NO2. The maximum Gasteiger partial charge on any atom is 0.323 e. The van der Waals surface area contributed by atoms with Crippen molar-refractivity contribution in [1.82, 2.24) is 5.32 Å². The van der Waals surface area contributed by atoms with Crippen molar-refractivity contribution < 1.29 is 9.53 Å². The number of carbonyl (C=O) groups is 1. The molecule has 0 fully saturated rings. The minimum Gasteiger partial charge on any atom is -0.468 e. The van der Waals surface area contributed by atoms with Gasteiger partial charge in [0.25, 0.3) is 0 Å². The summed E-state index contributed by atoms with van der Waals surface area (Å²) in [5, 5.41) is 3.20. The monoisotopic (exact) mass is 215 g/mol. The first kappa shape index (κ1) is 14.4. The van der Waals surface area contributed by atoms with Crippen molar-refractivity contribution in [3.63, 3.8) is 0 Å². The van der Waals surface area contributed by atoms with Crippen molar-refractivity contribution in [3.05, 3.63) is 0 Å². The van der Waals surface area contributed by atoms with Crippen LogP contribution in [0.25, 0.3) is 0 Å². The van der Waals surface area contributed by atoms with Crippen LogP contribution in [0.2, 0.25) is 0 Å². The summed E-state index contributed by atoms with van der Waals surface area (Å²) in [5.41, 5.74) is -0.0722. The van der Waals surface area contributed by atoms with Crippen molar-refractivity contribution in [2.75, 3.05) is 13.7 Å². The third-order valence-electron chi connectivity index (χ3n) is 2.56. The number of nitrogens with one attached hydrogen (secondary N) is 1. The number of hydrogen-bond donors (Lipinski definition) is 1. The molecule has 0 spiro atoms. The summed E-state index contributed by atoms with van der Waals surface area (Å²) in [4.78, 5) is 11.6. The summed E-state index contributed by atoms with van der Waals surface area (Å²) in [5.74, 6) is 0.410. The number of esters is 1. The van der Waals surface area contributed by atoms with E-state index in [9.17, 15) is 4.79 Å². The molecule has 0 aliphatic rings. The van der Waals surface area contributed by atoms with E-state index >= 15 is 0 Å². The van der Waals surface area contributed by atoms with Gasteiger partial charge in [0, 0.05) is 0 Å². The van der Waals surface area contributed by atoms with Gasteiger partial charge in [0.15, 0.2) is 0 Å². The molecule has 0 amide bonds. The first-order chi connectivity index (χ1) is 6.85. The smallest absolute Gasteiger partial charge is 0.323 e. The van der Waals surface area contributed by atoms with Crippen LogP contribution in [-0.4, -0.2) is 25.7 Å². The molecule has 0 aliphatic carbocycles. The Balaban J connectivity index is 4.64. The van der Waals surface area contributed by atoms with E-state index in [1.165, 1.54) is 7.11 Å². The minimum atomic E-state index is -0.213. The molecule has 0 radical (unpaired) electrons. The largest absolute Gasteiger partial charge is 0.468 e. The number of rotatable bonds is 6. The van der Waals surface area contributed by atoms with Gasteiger partial charge < -0.3 is 10.1 Å². The predicted octanol–water partition coefficient (Wildman–Crippen LogP) is 2.21. The van der Waals surface area contributed by atoms with Gasteiger partial charge in [-0.1, -0.05) is 34.6 Å². The zero-order valence-electron chi connectivity index (χ0n) is 10.9. The van der Waals surface area contributed by atoms with E-state index in [1.807, 2.05) is 6.92 Å². The Kier molecular flexibility index (Phi) is 5.88. The molecule has 3 heteroatoms. The Labute approximate surface area is 93.6 Å². The third-order valence-corrected chi connectivity index (χ3v) is 2.56. The minimum absolute atomic E-state index is 0.0722. The summed E-state index contributed by atoms with van der Waals surface area (Å²) >= 11 is 0. The number of methoxy groups -OCH3 is 1. The van der Waals surface area contributed by atoms with E-state index < -0.39 is 0 Å². The van der Waals surface area contributed by atoms with E-state index in [2.05, 4.69) is 33.0 Å². The second kappa shape index (κ2) is 6.11. The van der Waals surface area contributed by atoms with Crippen LogP contribution >= 0.6 is 0 Å². The van der Waals surface area contributed by atoms with E-state index in [4.69, 9.17) is 4.74 Å². The fourth-order valence-electron chi connectivity index (χ4n) is 2.17. The Hall–Kier alpha value is -0.570. The lowest BCUT2D eigenvalue weighted by Crippen LogP contribution is -2.48. The molecule has 90 valence electrons. The van der Waals surface area contributed by atoms with E-state index in [-0.39, 0.29) is 17.4 Å². The van der Waals surface area contributed by atoms with Gasteiger partial charge in [0.2, 0.25) is 0 Å². The molecule has 3 nitrogen and oxygen atoms in total. The van der Waals surface area contributed by atoms with Crippen molar-refractivity contribution in [1.29, 1.82) is 0 Å². The van der Waals surface area contributed by atoms with Gasteiger partial charge in [0.05, 0.1) is 7.11 Å². The number of likely N-dealkylation sites (N-methyl/N-ethyl adjacent to an activating group) is 1. The Bertz CT molecular complexity index is 200. The Morgan fingerprint density at radius 2 is 1.93 bits per heavy atom. The average Bonchev–Trinajstić information content (AvgIpc) is 2.10. The van der Waals surface area contributed by atoms with Crippen LogP contribution < -0.4 is 5.32 Å². The molecule has 0 aliphatic heterocycles. The van der Waals surface area contributed by atoms with Gasteiger partial charge in [-0.05, 0) is 24.3 Å². The summed E-state index contributed by atoms with van der Waals surface area (Å²) in [7, 11) is 1.44. The van der Waals surface area contributed by atoms with Crippen LogP contribution in [0.5, 0.6) is 0 Å². The Morgan fingerprint density at radius 3 is 2.27 bits per heavy atom. The Morgan fingerprint density at radius 1 is 1.40 bits per heavy atom. The van der Waals surface area contributed by atoms with Crippen LogP contribution in [0, 0.1) is 11.3 Å². The molecule has 0 aromatic rings. The fraction of sp³-hybridized carbons (Fsp3) is 0.917. The molecule has 0 saturated carbocycles. The number of carbonyl (C=O) groups excluding carboxylic acids is 1. The SMILES string of the molecule is CCNC(C(=O)OC)C(C)(C)CC(C)C. The van der Waals surface area contributed by atoms with Crippen molar-refractivity contribution >= 4 is 5.97 Å². The lowest BCUT2D eigenvalue weighted by molar-refractivity contribution is -0.146. The van der Waals surface area contributed by atoms with E-state index in [0.717, 1.165) is 13.0 Å². The zero-order chi connectivity index (χ0) is 12.1. The first-order valence-electron chi connectivity index (χ1n) is 5.66. The maximum absolute atomic E-state index is 11.6. The highest BCUT2D eigenvalue weighted by Crippen LogP contribution is 2.29. The summed E-state index contributed by atoms with van der Waals surface area (Å²) in [6.45, 7) is 11.3. The molecular weight excluding hydrogens is 190 g/mol. The second-order valence-corrected chi connectivity index (χ2v) is 5.10. The van der Waals surface area contributed by atoms with Crippen LogP contribution in [0.4, 0.5) is 0 Å². The number of ether oxygens (including phenoxy) is 1. The van der Waals surface area contributed by atoms with Gasteiger partial charge >= 0.3 is 5.97 Å². The van der Waals surface area contributed by atoms with Crippen LogP contribution in [0.15, 0.2) is 0 Å². The van der Waals surface area contributed by atoms with Crippen molar-refractivity contribution in [2.45, 2.75) is 47.1 Å². The molecule has 0 bridgehead atoms. The standard InChI is InChI=1S/C12H25NO2/c1-7-13-10(11(14)15-6)12(4,5)8-9(2)3/h9-10,13H,7-8H2,1-6H3. The van der Waals surface area contributed by atoms with Crippen LogP contribution in [0.3, 0.4) is 0 Å². The molecule has 15 heavy (non-hydrogen) atoms. The van der Waals surface area contributed by atoms with Gasteiger partial charge in [-0.3, -0.25) is 4.79 Å². The van der Waals surface area contributed by atoms with E-state index in [0.29, 0.717) is 5.92 Å². The molecule has 0 aromatic heterocycles. The van der Waals surface area contributed by atoms with Crippen LogP contribution in [-0.2, 0) is 9.53 Å². The van der Waals surface area contributed by atoms with Crippen molar-refractivity contribution in [2.24, 2.45) is 11.3 Å². The topological polar surface area (TPSA) is 38.3 Å². The highest BCUT2D eigenvalue weighted by molar-refractivity contribution is 5.76. The van der Waals surface area contributed by atoms with Crippen LogP contribution in [0.1, 0.15) is 41.0 Å². The molecule has 0 rings (SSSR count). The van der Waals surface area contributed by atoms with Gasteiger partial charge in [-0.15, -0.1) is 0 Å². The summed E-state index contributed by atoms with van der Waals surface area (Å²) in [6.07, 6.45) is 1.000. The highest BCUT2D eigenvalue weighted by Gasteiger charge is 2.35. The summed E-state index contributed by atoms with van der Waals surface area (Å²) < 4.78 is 4.83. The molecule has 0 aromatic carbocycles. The molecule has 1 N–H and O–H groups in total. The molecule has 0 heterocycles. The maximum atomic E-state index is 11.6. The first-order valence-corrected chi connectivity index (χ1v) is 5.66. The quantitative estimate of drug-likeness (QED) is 0.690.